The van der Waals surface area contributed by atoms with Crippen molar-refractivity contribution in [3.05, 3.63) is 11.4 Å². The Balaban J connectivity index is 1.66. The van der Waals surface area contributed by atoms with Crippen LogP contribution in [0.15, 0.2) is 0 Å². The van der Waals surface area contributed by atoms with Crippen LogP contribution in [0.25, 0.3) is 4.85 Å². The maximum Gasteiger partial charge on any atom is 0.217 e. The van der Waals surface area contributed by atoms with Gasteiger partial charge in [-0.2, -0.15) is 0 Å². The van der Waals surface area contributed by atoms with Crippen molar-refractivity contribution in [2.24, 2.45) is 17.8 Å². The summed E-state index contributed by atoms with van der Waals surface area (Å²) >= 11 is 0. The molecule has 0 aromatic rings. The van der Waals surface area contributed by atoms with Crippen molar-refractivity contribution in [1.82, 2.24) is 0 Å². The number of rotatable bonds is 3. The lowest BCUT2D eigenvalue weighted by molar-refractivity contribution is 0.217. The second-order valence-corrected chi connectivity index (χ2v) is 5.97. The van der Waals surface area contributed by atoms with Gasteiger partial charge in [0.25, 0.3) is 0 Å². The smallest absolute Gasteiger partial charge is 0.217 e. The van der Waals surface area contributed by atoms with E-state index in [4.69, 9.17) is 6.57 Å². The Hall–Kier alpha value is -0.510. The normalized spacial score (nSPS) is 32.2. The van der Waals surface area contributed by atoms with Crippen LogP contribution in [-0.4, -0.2) is 6.54 Å². The maximum absolute atomic E-state index is 6.92. The Labute approximate surface area is 100 Å². The zero-order valence-corrected chi connectivity index (χ0v) is 10.5. The molecule has 0 aliphatic heterocycles. The van der Waals surface area contributed by atoms with Gasteiger partial charge in [-0.25, -0.2) is 6.57 Å². The molecular formula is C15H25N. The molecule has 2 aliphatic carbocycles. The van der Waals surface area contributed by atoms with E-state index in [9.17, 15) is 0 Å². The standard InChI is InChI=1S/C15H25N/c1-16-12-15-9-7-14(8-10-15)11-13-5-3-2-4-6-13/h13-15H,2-12H2. The SMILES string of the molecule is [C-]#[N+]CC1CCC(CC2CCCCC2)CC1. The molecule has 1 nitrogen and oxygen atoms in total. The lowest BCUT2D eigenvalue weighted by atomic mass is 9.75. The van der Waals surface area contributed by atoms with E-state index in [0.29, 0.717) is 0 Å². The van der Waals surface area contributed by atoms with Crippen LogP contribution in [0.1, 0.15) is 64.2 Å². The highest BCUT2D eigenvalue weighted by molar-refractivity contribution is 4.79. The Kier molecular flexibility index (Phi) is 4.69. The van der Waals surface area contributed by atoms with Crippen LogP contribution >= 0.6 is 0 Å². The first-order valence-electron chi connectivity index (χ1n) is 7.21. The zero-order chi connectivity index (χ0) is 11.2. The predicted octanol–water partition coefficient (Wildman–Crippen LogP) is 4.68. The summed E-state index contributed by atoms with van der Waals surface area (Å²) in [5.74, 6) is 2.79. The average Bonchev–Trinajstić information content (AvgIpc) is 2.33. The summed E-state index contributed by atoms with van der Waals surface area (Å²) in [6.45, 7) is 7.71. The van der Waals surface area contributed by atoms with Crippen LogP contribution in [0.2, 0.25) is 0 Å². The first-order valence-corrected chi connectivity index (χ1v) is 7.21. The third-order valence-corrected chi connectivity index (χ3v) is 4.71. The van der Waals surface area contributed by atoms with Gasteiger partial charge in [-0.1, -0.05) is 32.1 Å². The molecule has 0 aromatic carbocycles. The van der Waals surface area contributed by atoms with Gasteiger partial charge in [0.05, 0.1) is 0 Å². The van der Waals surface area contributed by atoms with Crippen molar-refractivity contribution >= 4 is 0 Å². The minimum atomic E-state index is 0.736. The number of nitrogens with zero attached hydrogens (tertiary/aromatic N) is 1. The third kappa shape index (κ3) is 3.51. The van der Waals surface area contributed by atoms with Crippen molar-refractivity contribution in [3.8, 4) is 0 Å². The van der Waals surface area contributed by atoms with Gasteiger partial charge in [0.1, 0.15) is 0 Å². The molecule has 90 valence electrons. The Morgan fingerprint density at radius 3 is 1.94 bits per heavy atom. The summed E-state index contributed by atoms with van der Waals surface area (Å²) in [5, 5.41) is 0. The summed E-state index contributed by atoms with van der Waals surface area (Å²) in [7, 11) is 0. The Bertz CT molecular complexity index is 226. The molecule has 0 aromatic heterocycles. The molecule has 2 aliphatic rings. The Morgan fingerprint density at radius 1 is 0.750 bits per heavy atom. The fourth-order valence-electron chi connectivity index (χ4n) is 3.67. The van der Waals surface area contributed by atoms with E-state index in [1.54, 1.807) is 0 Å². The molecule has 0 N–H and O–H groups in total. The summed E-state index contributed by atoms with van der Waals surface area (Å²) in [6.07, 6.45) is 14.4. The highest BCUT2D eigenvalue weighted by Gasteiger charge is 2.25. The van der Waals surface area contributed by atoms with E-state index in [2.05, 4.69) is 4.85 Å². The quantitative estimate of drug-likeness (QED) is 0.607. The van der Waals surface area contributed by atoms with Crippen molar-refractivity contribution < 1.29 is 0 Å². The molecule has 2 rings (SSSR count). The summed E-state index contributed by atoms with van der Waals surface area (Å²) in [5.41, 5.74) is 0. The van der Waals surface area contributed by atoms with Crippen LogP contribution in [0.3, 0.4) is 0 Å². The molecule has 2 fully saturated rings. The molecule has 0 amide bonds. The molecule has 0 heterocycles. The molecule has 16 heavy (non-hydrogen) atoms. The van der Waals surface area contributed by atoms with Gasteiger partial charge in [0.15, 0.2) is 0 Å². The molecule has 0 saturated heterocycles. The van der Waals surface area contributed by atoms with E-state index in [-0.39, 0.29) is 0 Å². The highest BCUT2D eigenvalue weighted by Crippen LogP contribution is 2.36. The van der Waals surface area contributed by atoms with Crippen molar-refractivity contribution in [2.75, 3.05) is 6.54 Å². The van der Waals surface area contributed by atoms with Gasteiger partial charge < -0.3 is 4.85 Å². The Morgan fingerprint density at radius 2 is 1.31 bits per heavy atom. The number of hydrogen-bond donors (Lipinski definition) is 0. The van der Waals surface area contributed by atoms with Crippen LogP contribution in [0, 0.1) is 24.3 Å². The fourth-order valence-corrected chi connectivity index (χ4v) is 3.67. The minimum absolute atomic E-state index is 0.736. The minimum Gasteiger partial charge on any atom is -0.317 e. The summed E-state index contributed by atoms with van der Waals surface area (Å²) in [6, 6.07) is 0. The largest absolute Gasteiger partial charge is 0.317 e. The van der Waals surface area contributed by atoms with Crippen molar-refractivity contribution in [1.29, 1.82) is 0 Å². The molecule has 0 bridgehead atoms. The van der Waals surface area contributed by atoms with E-state index >= 15 is 0 Å². The lowest BCUT2D eigenvalue weighted by Gasteiger charge is -2.30. The highest BCUT2D eigenvalue weighted by atomic mass is 14.6. The maximum atomic E-state index is 6.92. The summed E-state index contributed by atoms with van der Waals surface area (Å²) in [4.78, 5) is 3.55. The summed E-state index contributed by atoms with van der Waals surface area (Å²) < 4.78 is 0. The molecule has 0 unspecified atom stereocenters. The van der Waals surface area contributed by atoms with Crippen LogP contribution < -0.4 is 0 Å². The van der Waals surface area contributed by atoms with Crippen molar-refractivity contribution in [2.45, 2.75) is 64.2 Å². The topological polar surface area (TPSA) is 4.36 Å². The van der Waals surface area contributed by atoms with Gasteiger partial charge in [-0.15, -0.1) is 0 Å². The predicted molar refractivity (Wildman–Crippen MR) is 68.1 cm³/mol. The molecule has 2 saturated carbocycles. The van der Waals surface area contributed by atoms with Gasteiger partial charge in [-0.05, 0) is 43.9 Å². The van der Waals surface area contributed by atoms with E-state index in [1.807, 2.05) is 0 Å². The van der Waals surface area contributed by atoms with Crippen LogP contribution in [0.5, 0.6) is 0 Å². The second-order valence-electron chi connectivity index (χ2n) is 5.97. The van der Waals surface area contributed by atoms with Gasteiger partial charge in [0.2, 0.25) is 6.54 Å². The van der Waals surface area contributed by atoms with Gasteiger partial charge in [-0.3, -0.25) is 0 Å². The molecule has 0 radical (unpaired) electrons. The first kappa shape index (κ1) is 12.0. The monoisotopic (exact) mass is 219 g/mol. The van der Waals surface area contributed by atoms with E-state index in [0.717, 1.165) is 24.3 Å². The zero-order valence-electron chi connectivity index (χ0n) is 10.5. The second kappa shape index (κ2) is 6.28. The number of hydrogen-bond acceptors (Lipinski definition) is 0. The molecule has 0 atom stereocenters. The molecule has 0 spiro atoms. The lowest BCUT2D eigenvalue weighted by Crippen LogP contribution is -2.19. The van der Waals surface area contributed by atoms with Crippen LogP contribution in [-0.2, 0) is 0 Å². The average molecular weight is 219 g/mol. The van der Waals surface area contributed by atoms with Gasteiger partial charge in [0, 0.05) is 5.92 Å². The van der Waals surface area contributed by atoms with Crippen molar-refractivity contribution in [3.63, 3.8) is 0 Å². The first-order chi connectivity index (χ1) is 7.88. The fraction of sp³-hybridized carbons (Fsp3) is 0.933. The van der Waals surface area contributed by atoms with Crippen LogP contribution in [0.4, 0.5) is 0 Å². The van der Waals surface area contributed by atoms with Gasteiger partial charge >= 0.3 is 0 Å². The third-order valence-electron chi connectivity index (χ3n) is 4.71. The molecule has 1 heteroatoms. The van der Waals surface area contributed by atoms with E-state index < -0.39 is 0 Å². The van der Waals surface area contributed by atoms with E-state index in [1.165, 1.54) is 64.2 Å². The molecular weight excluding hydrogens is 194 g/mol.